The second-order valence-corrected chi connectivity index (χ2v) is 6.08. The minimum Gasteiger partial charge on any atom is -0.324 e. The van der Waals surface area contributed by atoms with Gasteiger partial charge in [0.25, 0.3) is 0 Å². The van der Waals surface area contributed by atoms with E-state index in [2.05, 4.69) is 20.8 Å². The third-order valence-electron chi connectivity index (χ3n) is 3.80. The van der Waals surface area contributed by atoms with Gasteiger partial charge in [0.05, 0.1) is 10.6 Å². The van der Waals surface area contributed by atoms with Gasteiger partial charge in [-0.3, -0.25) is 4.79 Å². The molecule has 1 amide bonds. The second-order valence-electron chi connectivity index (χ2n) is 5.68. The smallest absolute Gasteiger partial charge is 0.324 e. The second kappa shape index (κ2) is 7.75. The fourth-order valence-corrected chi connectivity index (χ4v) is 2.73. The molecular formula is C17H13ClF3N5O. The normalized spacial score (nSPS) is 12.6. The predicted molar refractivity (Wildman–Crippen MR) is 92.1 cm³/mol. The van der Waals surface area contributed by atoms with Crippen LogP contribution in [-0.2, 0) is 17.4 Å². The number of anilines is 1. The first-order valence-corrected chi connectivity index (χ1v) is 8.16. The number of aromatic nitrogens is 4. The van der Waals surface area contributed by atoms with E-state index in [-0.39, 0.29) is 12.1 Å². The Morgan fingerprint density at radius 1 is 1.19 bits per heavy atom. The van der Waals surface area contributed by atoms with Gasteiger partial charge in [0.2, 0.25) is 5.91 Å². The maximum atomic E-state index is 13.0. The van der Waals surface area contributed by atoms with Crippen molar-refractivity contribution in [3.05, 3.63) is 71.0 Å². The van der Waals surface area contributed by atoms with Crippen molar-refractivity contribution in [2.45, 2.75) is 18.6 Å². The number of nitrogens with one attached hydrogen (secondary N) is 1. The Morgan fingerprint density at radius 2 is 1.93 bits per heavy atom. The summed E-state index contributed by atoms with van der Waals surface area (Å²) in [5.41, 5.74) is -0.202. The van der Waals surface area contributed by atoms with E-state index in [1.165, 1.54) is 17.1 Å². The van der Waals surface area contributed by atoms with E-state index < -0.39 is 28.7 Å². The van der Waals surface area contributed by atoms with E-state index >= 15 is 0 Å². The Bertz CT molecular complexity index is 916. The zero-order valence-electron chi connectivity index (χ0n) is 13.7. The maximum Gasteiger partial charge on any atom is 0.417 e. The Labute approximate surface area is 157 Å². The standard InChI is InChI=1S/C17H13ClF3N5O/c18-14-7-6-12(9-13(14)17(19,20)21)23-16(27)15(26-10-22-24-25-26)8-11-4-2-1-3-5-11/h1-7,9-10,15H,8H2,(H,23,27)/t15-/m1/s1. The number of carbonyl (C=O) groups is 1. The quantitative estimate of drug-likeness (QED) is 0.713. The number of hydrogen-bond donors (Lipinski definition) is 1. The van der Waals surface area contributed by atoms with Crippen LogP contribution in [-0.4, -0.2) is 26.1 Å². The highest BCUT2D eigenvalue weighted by molar-refractivity contribution is 6.31. The number of hydrogen-bond acceptors (Lipinski definition) is 4. The van der Waals surface area contributed by atoms with Crippen molar-refractivity contribution in [2.75, 3.05) is 5.32 Å². The molecule has 1 N–H and O–H groups in total. The highest BCUT2D eigenvalue weighted by atomic mass is 35.5. The van der Waals surface area contributed by atoms with E-state index in [1.54, 1.807) is 0 Å². The monoisotopic (exact) mass is 395 g/mol. The molecule has 0 bridgehead atoms. The lowest BCUT2D eigenvalue weighted by Gasteiger charge is -2.17. The van der Waals surface area contributed by atoms with E-state index in [0.29, 0.717) is 0 Å². The molecule has 0 fully saturated rings. The first-order valence-electron chi connectivity index (χ1n) is 7.78. The molecular weight excluding hydrogens is 383 g/mol. The minimum atomic E-state index is -4.63. The van der Waals surface area contributed by atoms with Crippen LogP contribution in [0.1, 0.15) is 17.2 Å². The third-order valence-corrected chi connectivity index (χ3v) is 4.13. The van der Waals surface area contributed by atoms with Gasteiger partial charge in [-0.25, -0.2) is 4.68 Å². The van der Waals surface area contributed by atoms with E-state index in [0.717, 1.165) is 17.7 Å². The van der Waals surface area contributed by atoms with Crippen molar-refractivity contribution in [1.82, 2.24) is 20.2 Å². The molecule has 1 heterocycles. The first-order chi connectivity index (χ1) is 12.8. The molecule has 0 radical (unpaired) electrons. The van der Waals surface area contributed by atoms with E-state index in [4.69, 9.17) is 11.6 Å². The molecule has 0 aliphatic rings. The number of halogens is 4. The molecule has 0 unspecified atom stereocenters. The zero-order valence-corrected chi connectivity index (χ0v) is 14.4. The highest BCUT2D eigenvalue weighted by Gasteiger charge is 2.33. The van der Waals surface area contributed by atoms with Crippen molar-refractivity contribution in [2.24, 2.45) is 0 Å². The summed E-state index contributed by atoms with van der Waals surface area (Å²) < 4.78 is 40.3. The van der Waals surface area contributed by atoms with Gasteiger partial charge in [-0.05, 0) is 34.2 Å². The van der Waals surface area contributed by atoms with Crippen molar-refractivity contribution < 1.29 is 18.0 Å². The lowest BCUT2D eigenvalue weighted by atomic mass is 10.1. The Morgan fingerprint density at radius 3 is 2.56 bits per heavy atom. The van der Waals surface area contributed by atoms with Crippen LogP contribution in [0.5, 0.6) is 0 Å². The van der Waals surface area contributed by atoms with Crippen LogP contribution in [0.25, 0.3) is 0 Å². The number of nitrogens with zero attached hydrogens (tertiary/aromatic N) is 4. The van der Waals surface area contributed by atoms with Crippen molar-refractivity contribution >= 4 is 23.2 Å². The molecule has 27 heavy (non-hydrogen) atoms. The van der Waals surface area contributed by atoms with Gasteiger partial charge >= 0.3 is 6.18 Å². The van der Waals surface area contributed by atoms with Crippen LogP contribution in [0.15, 0.2) is 54.9 Å². The van der Waals surface area contributed by atoms with Crippen LogP contribution in [0.2, 0.25) is 5.02 Å². The van der Waals surface area contributed by atoms with Crippen molar-refractivity contribution in [1.29, 1.82) is 0 Å². The number of alkyl halides is 3. The average molecular weight is 396 g/mol. The number of rotatable bonds is 5. The molecule has 140 valence electrons. The summed E-state index contributed by atoms with van der Waals surface area (Å²) >= 11 is 5.61. The van der Waals surface area contributed by atoms with Gasteiger partial charge in [-0.15, -0.1) is 5.10 Å². The average Bonchev–Trinajstić information content (AvgIpc) is 3.15. The van der Waals surface area contributed by atoms with E-state index in [1.807, 2.05) is 30.3 Å². The number of tetrazole rings is 1. The van der Waals surface area contributed by atoms with Gasteiger partial charge in [-0.2, -0.15) is 13.2 Å². The molecule has 1 aromatic heterocycles. The van der Waals surface area contributed by atoms with Crippen LogP contribution >= 0.6 is 11.6 Å². The van der Waals surface area contributed by atoms with Gasteiger partial charge in [0, 0.05) is 12.1 Å². The summed E-state index contributed by atoms with van der Waals surface area (Å²) in [6, 6.07) is 11.5. The Balaban J connectivity index is 1.85. The molecule has 10 heteroatoms. The molecule has 3 rings (SSSR count). The molecule has 6 nitrogen and oxygen atoms in total. The number of carbonyl (C=O) groups excluding carboxylic acids is 1. The molecule has 0 spiro atoms. The Kier molecular flexibility index (Phi) is 5.41. The summed E-state index contributed by atoms with van der Waals surface area (Å²) in [4.78, 5) is 12.7. The molecule has 0 aliphatic carbocycles. The zero-order chi connectivity index (χ0) is 19.4. The summed E-state index contributed by atoms with van der Waals surface area (Å²) in [7, 11) is 0. The van der Waals surface area contributed by atoms with Crippen LogP contribution in [0, 0.1) is 0 Å². The van der Waals surface area contributed by atoms with Gasteiger partial charge in [0.1, 0.15) is 12.4 Å². The number of benzene rings is 2. The summed E-state index contributed by atoms with van der Waals surface area (Å²) in [6.45, 7) is 0. The van der Waals surface area contributed by atoms with Gasteiger partial charge in [-0.1, -0.05) is 41.9 Å². The molecule has 1 atom stereocenters. The molecule has 0 saturated carbocycles. The lowest BCUT2D eigenvalue weighted by Crippen LogP contribution is -2.28. The largest absolute Gasteiger partial charge is 0.417 e. The first kappa shape index (κ1) is 18.8. The lowest BCUT2D eigenvalue weighted by molar-refractivity contribution is -0.137. The predicted octanol–water partition coefficient (Wildman–Crippen LogP) is 3.77. The summed E-state index contributed by atoms with van der Waals surface area (Å²) in [5.74, 6) is -0.554. The molecule has 0 aliphatic heterocycles. The van der Waals surface area contributed by atoms with Gasteiger partial charge in [0.15, 0.2) is 0 Å². The van der Waals surface area contributed by atoms with Crippen LogP contribution in [0.4, 0.5) is 18.9 Å². The van der Waals surface area contributed by atoms with Gasteiger partial charge < -0.3 is 5.32 Å². The fraction of sp³-hybridized carbons (Fsp3) is 0.176. The molecule has 2 aromatic carbocycles. The summed E-state index contributed by atoms with van der Waals surface area (Å²) in [6.07, 6.45) is -3.09. The van der Waals surface area contributed by atoms with Crippen LogP contribution in [0.3, 0.4) is 0 Å². The molecule has 3 aromatic rings. The van der Waals surface area contributed by atoms with Crippen molar-refractivity contribution in [3.8, 4) is 0 Å². The fourth-order valence-electron chi connectivity index (χ4n) is 2.50. The maximum absolute atomic E-state index is 13.0. The SMILES string of the molecule is O=C(Nc1ccc(Cl)c(C(F)(F)F)c1)[C@@H](Cc1ccccc1)n1cnnn1. The highest BCUT2D eigenvalue weighted by Crippen LogP contribution is 2.36. The minimum absolute atomic E-state index is 0.0251. The molecule has 0 saturated heterocycles. The Hall–Kier alpha value is -2.94. The topological polar surface area (TPSA) is 72.7 Å². The summed E-state index contributed by atoms with van der Waals surface area (Å²) in [5, 5.41) is 12.8. The van der Waals surface area contributed by atoms with Crippen LogP contribution < -0.4 is 5.32 Å². The van der Waals surface area contributed by atoms with E-state index in [9.17, 15) is 18.0 Å². The third kappa shape index (κ3) is 4.62. The number of amides is 1. The van der Waals surface area contributed by atoms with Crippen molar-refractivity contribution in [3.63, 3.8) is 0 Å².